The second-order valence-electron chi connectivity index (χ2n) is 33.3. The van der Waals surface area contributed by atoms with Crippen molar-refractivity contribution in [3.05, 3.63) is 163 Å². The van der Waals surface area contributed by atoms with E-state index in [0.717, 1.165) is 12.8 Å². The average Bonchev–Trinajstić information content (AvgIpc) is 3.95. The summed E-state index contributed by atoms with van der Waals surface area (Å²) in [6.07, 6.45) is 10.4. The summed E-state index contributed by atoms with van der Waals surface area (Å²) >= 11 is 0. The molecule has 6 aromatic rings. The summed E-state index contributed by atoms with van der Waals surface area (Å²) in [6, 6.07) is 36.5. The molecule has 0 unspecified atom stereocenters. The number of nitrogens with zero attached hydrogens (tertiary/aromatic N) is 2. The van der Waals surface area contributed by atoms with Crippen molar-refractivity contribution < 1.29 is 0 Å². The first-order chi connectivity index (χ1) is 37.0. The van der Waals surface area contributed by atoms with Gasteiger partial charge in [-0.1, -0.05) is 174 Å². The molecule has 2 nitrogen and oxygen atoms in total. The van der Waals surface area contributed by atoms with E-state index in [-0.39, 0.29) is 55.4 Å². The first-order valence-corrected chi connectivity index (χ1v) is 31.3. The minimum Gasteiger partial charge on any atom is -0.314 e. The molecule has 2 heterocycles. The fraction of sp³-hybridized carbons (Fsp3) is 0.506. The predicted molar refractivity (Wildman–Crippen MR) is 347 cm³/mol. The van der Waals surface area contributed by atoms with Crippen LogP contribution in [0.4, 0.5) is 28.4 Å². The molecule has 7 aliphatic rings. The van der Waals surface area contributed by atoms with E-state index in [2.05, 4.69) is 240 Å². The van der Waals surface area contributed by atoms with Crippen LogP contribution in [0.25, 0.3) is 16.6 Å². The van der Waals surface area contributed by atoms with E-state index in [4.69, 9.17) is 0 Å². The van der Waals surface area contributed by atoms with E-state index < -0.39 is 0 Å². The maximum absolute atomic E-state index is 2.84. The molecule has 80 heavy (non-hydrogen) atoms. The standard InChI is InChI=1S/C77H95BN2/c1-45-36-62-67-63(37-45)80(61-27-22-48(69(3,4)5)41-52(61)50-43-58-55(38-46(50)2)72(10,11)30-32-75(58,16)17)64-40-47-39-56-59(76(18,19)33-31-73(56,12)13)44-51(47)66(64)78(67)60-26-25-54-65(77(20,21)35-34-71(54,8)9)68(60)79(62)49-23-24-53-57(42-49)74(14,15)29-28-70(53,6)7/h22-27,36-39,41-44H,28-35,40H2,1-21H3. The van der Waals surface area contributed by atoms with Crippen LogP contribution < -0.4 is 20.7 Å². The van der Waals surface area contributed by atoms with E-state index in [9.17, 15) is 0 Å². The molecule has 0 aromatic heterocycles. The van der Waals surface area contributed by atoms with Crippen LogP contribution in [0.3, 0.4) is 0 Å². The van der Waals surface area contributed by atoms with E-state index in [1.54, 1.807) is 16.7 Å². The van der Waals surface area contributed by atoms with Crippen LogP contribution in [-0.4, -0.2) is 6.71 Å². The van der Waals surface area contributed by atoms with Gasteiger partial charge in [-0.2, -0.15) is 0 Å². The molecular formula is C77H95BN2. The monoisotopic (exact) mass is 1060 g/mol. The molecule has 6 aromatic carbocycles. The van der Waals surface area contributed by atoms with Crippen molar-refractivity contribution in [1.29, 1.82) is 0 Å². The summed E-state index contributed by atoms with van der Waals surface area (Å²) in [6.45, 7) is 52.2. The predicted octanol–water partition coefficient (Wildman–Crippen LogP) is 19.7. The number of anilines is 5. The highest BCUT2D eigenvalue weighted by Crippen LogP contribution is 2.59. The largest absolute Gasteiger partial charge is 0.314 e. The van der Waals surface area contributed by atoms with Gasteiger partial charge in [-0.3, -0.25) is 0 Å². The highest BCUT2D eigenvalue weighted by Gasteiger charge is 2.52. The molecule has 2 aliphatic heterocycles. The van der Waals surface area contributed by atoms with Gasteiger partial charge in [0.2, 0.25) is 0 Å². The molecule has 13 rings (SSSR count). The topological polar surface area (TPSA) is 6.48 Å². The molecule has 0 radical (unpaired) electrons. The number of hydrogen-bond acceptors (Lipinski definition) is 2. The molecule has 0 amide bonds. The summed E-state index contributed by atoms with van der Waals surface area (Å²) in [5, 5.41) is 0. The number of rotatable bonds is 3. The zero-order chi connectivity index (χ0) is 57.4. The molecule has 416 valence electrons. The van der Waals surface area contributed by atoms with Gasteiger partial charge in [0.1, 0.15) is 0 Å². The van der Waals surface area contributed by atoms with Gasteiger partial charge in [-0.05, 0) is 251 Å². The van der Waals surface area contributed by atoms with Crippen LogP contribution in [0.15, 0.2) is 90.6 Å². The van der Waals surface area contributed by atoms with Crippen molar-refractivity contribution in [3.8, 4) is 11.1 Å². The van der Waals surface area contributed by atoms with Gasteiger partial charge < -0.3 is 9.80 Å². The average molecular weight is 1060 g/mol. The Morgan fingerprint density at radius 3 is 1.46 bits per heavy atom. The molecule has 0 fully saturated rings. The number of hydrogen-bond donors (Lipinski definition) is 0. The summed E-state index contributed by atoms with van der Waals surface area (Å²) < 4.78 is 0. The molecule has 5 aliphatic carbocycles. The van der Waals surface area contributed by atoms with Gasteiger partial charge in [0.05, 0.1) is 5.69 Å². The van der Waals surface area contributed by atoms with Gasteiger partial charge in [0.25, 0.3) is 6.71 Å². The molecule has 0 N–H and O–H groups in total. The molecule has 0 atom stereocenters. The SMILES string of the molecule is Cc1cc2c3c(c1)N(c1ccc4c(c1)C(C)(C)CCC4(C)C)c1c(ccc4c1C(C)(C)CCC4(C)C)B3C1=C(Cc3cc4c(cc31)C(C)(C)CCC4(C)C)N2c1ccc(C(C)(C)C)cc1-c1cc2c(cc1C)C(C)(C)CCC2(C)C. The summed E-state index contributed by atoms with van der Waals surface area (Å²) in [5.74, 6) is 0. The van der Waals surface area contributed by atoms with Crippen LogP contribution in [-0.2, 0) is 55.2 Å². The van der Waals surface area contributed by atoms with Crippen molar-refractivity contribution in [3.63, 3.8) is 0 Å². The van der Waals surface area contributed by atoms with E-state index in [1.165, 1.54) is 162 Å². The van der Waals surface area contributed by atoms with Gasteiger partial charge in [0, 0.05) is 40.4 Å². The van der Waals surface area contributed by atoms with E-state index in [1.807, 2.05) is 0 Å². The first kappa shape index (κ1) is 54.0. The molecule has 0 saturated heterocycles. The zero-order valence-electron chi connectivity index (χ0n) is 53.4. The van der Waals surface area contributed by atoms with Gasteiger partial charge in [-0.15, -0.1) is 0 Å². The Morgan fingerprint density at radius 1 is 0.412 bits per heavy atom. The first-order valence-electron chi connectivity index (χ1n) is 31.3. The molecule has 0 saturated carbocycles. The lowest BCUT2D eigenvalue weighted by molar-refractivity contribution is 0.331. The van der Waals surface area contributed by atoms with Gasteiger partial charge in [-0.25, -0.2) is 0 Å². The maximum atomic E-state index is 2.84. The Balaban J connectivity index is 1.17. The molecule has 0 spiro atoms. The third-order valence-electron chi connectivity index (χ3n) is 22.9. The Bertz CT molecular complexity index is 3720. The summed E-state index contributed by atoms with van der Waals surface area (Å²) in [7, 11) is 0. The summed E-state index contributed by atoms with van der Waals surface area (Å²) in [4.78, 5) is 5.67. The fourth-order valence-corrected chi connectivity index (χ4v) is 17.1. The summed E-state index contributed by atoms with van der Waals surface area (Å²) in [5.41, 5.74) is 35.2. The van der Waals surface area contributed by atoms with Crippen LogP contribution in [0.2, 0.25) is 0 Å². The maximum Gasteiger partial charge on any atom is 0.252 e. The van der Waals surface area contributed by atoms with Crippen LogP contribution in [0, 0.1) is 13.8 Å². The smallest absolute Gasteiger partial charge is 0.252 e. The normalized spacial score (nSPS) is 22.3. The number of fused-ring (bicyclic) bond motifs is 10. The third-order valence-corrected chi connectivity index (χ3v) is 22.9. The van der Waals surface area contributed by atoms with Crippen LogP contribution >= 0.6 is 0 Å². The second kappa shape index (κ2) is 16.7. The third kappa shape index (κ3) is 7.75. The van der Waals surface area contributed by atoms with Gasteiger partial charge in [0.15, 0.2) is 0 Å². The minimum atomic E-state index is -0.0385. The number of allylic oxidation sites excluding steroid dienone is 1. The molecular weight excluding hydrogens is 964 g/mol. The van der Waals surface area contributed by atoms with Crippen molar-refractivity contribution in [2.24, 2.45) is 0 Å². The second-order valence-corrected chi connectivity index (χ2v) is 33.3. The Hall–Kier alpha value is -5.28. The minimum absolute atomic E-state index is 0.0333. The van der Waals surface area contributed by atoms with Crippen molar-refractivity contribution in [2.45, 2.75) is 252 Å². The van der Waals surface area contributed by atoms with Crippen molar-refractivity contribution in [1.82, 2.24) is 0 Å². The zero-order valence-corrected chi connectivity index (χ0v) is 53.4. The Labute approximate surface area is 484 Å². The number of aryl methyl sites for hydroxylation is 2. The van der Waals surface area contributed by atoms with Crippen molar-refractivity contribution >= 4 is 51.5 Å². The Kier molecular flexibility index (Phi) is 11.3. The highest BCUT2D eigenvalue weighted by atomic mass is 15.2. The number of benzene rings is 6. The lowest BCUT2D eigenvalue weighted by Gasteiger charge is -2.50. The van der Waals surface area contributed by atoms with Crippen LogP contribution in [0.5, 0.6) is 0 Å². The molecule has 0 bridgehead atoms. The van der Waals surface area contributed by atoms with E-state index >= 15 is 0 Å². The van der Waals surface area contributed by atoms with Gasteiger partial charge >= 0.3 is 0 Å². The Morgan fingerprint density at radius 2 is 0.887 bits per heavy atom. The van der Waals surface area contributed by atoms with Crippen molar-refractivity contribution in [2.75, 3.05) is 9.80 Å². The lowest BCUT2D eigenvalue weighted by Crippen LogP contribution is -2.56. The van der Waals surface area contributed by atoms with E-state index in [0.29, 0.717) is 0 Å². The quantitative estimate of drug-likeness (QED) is 0.163. The molecule has 3 heteroatoms. The van der Waals surface area contributed by atoms with Crippen LogP contribution in [0.1, 0.15) is 255 Å². The fourth-order valence-electron chi connectivity index (χ4n) is 17.1. The lowest BCUT2D eigenvalue weighted by atomic mass is 9.32. The highest BCUT2D eigenvalue weighted by molar-refractivity contribution is 7.03.